The van der Waals surface area contributed by atoms with Crippen LogP contribution in [0.3, 0.4) is 0 Å². The standard InChI is InChI=1S/C13H17N3O/c1-3-10(8-9-14)16-13(17)11-6-4-5-7-12(11)15-2/h4-7,10,15H,3,8H2,1-2H3,(H,16,17). The molecule has 90 valence electrons. The third kappa shape index (κ3) is 3.49. The van der Waals surface area contributed by atoms with Crippen LogP contribution in [-0.2, 0) is 0 Å². The molecule has 0 saturated heterocycles. The van der Waals surface area contributed by atoms with Gasteiger partial charge < -0.3 is 10.6 Å². The molecule has 1 amide bonds. The number of carbonyl (C=O) groups is 1. The molecule has 0 aromatic heterocycles. The second-order valence-corrected chi connectivity index (χ2v) is 3.74. The summed E-state index contributed by atoms with van der Waals surface area (Å²) in [4.78, 5) is 12.0. The number of para-hydroxylation sites is 1. The number of nitrogens with one attached hydrogen (secondary N) is 2. The summed E-state index contributed by atoms with van der Waals surface area (Å²) in [6.45, 7) is 1.95. The first-order valence-electron chi connectivity index (χ1n) is 5.67. The highest BCUT2D eigenvalue weighted by molar-refractivity contribution is 5.99. The Morgan fingerprint density at radius 1 is 1.47 bits per heavy atom. The highest BCUT2D eigenvalue weighted by atomic mass is 16.1. The highest BCUT2D eigenvalue weighted by Crippen LogP contribution is 2.14. The fourth-order valence-electron chi connectivity index (χ4n) is 1.57. The van der Waals surface area contributed by atoms with E-state index in [9.17, 15) is 4.79 Å². The van der Waals surface area contributed by atoms with Gasteiger partial charge in [-0.15, -0.1) is 0 Å². The summed E-state index contributed by atoms with van der Waals surface area (Å²) in [6.07, 6.45) is 1.09. The zero-order valence-electron chi connectivity index (χ0n) is 10.2. The van der Waals surface area contributed by atoms with Crippen LogP contribution in [0.2, 0.25) is 0 Å². The van der Waals surface area contributed by atoms with Gasteiger partial charge in [-0.25, -0.2) is 0 Å². The van der Waals surface area contributed by atoms with Gasteiger partial charge in [-0.2, -0.15) is 5.26 Å². The second kappa shape index (κ2) is 6.54. The van der Waals surface area contributed by atoms with Crippen LogP contribution < -0.4 is 10.6 Å². The Balaban J connectivity index is 2.79. The first-order chi connectivity index (χ1) is 8.22. The first kappa shape index (κ1) is 13.0. The van der Waals surface area contributed by atoms with Crippen molar-refractivity contribution in [2.45, 2.75) is 25.8 Å². The number of carbonyl (C=O) groups excluding carboxylic acids is 1. The van der Waals surface area contributed by atoms with E-state index < -0.39 is 0 Å². The number of hydrogen-bond acceptors (Lipinski definition) is 3. The van der Waals surface area contributed by atoms with E-state index in [1.165, 1.54) is 0 Å². The van der Waals surface area contributed by atoms with E-state index in [1.807, 2.05) is 25.1 Å². The molecular weight excluding hydrogens is 214 g/mol. The minimum atomic E-state index is -0.142. The summed E-state index contributed by atoms with van der Waals surface area (Å²) >= 11 is 0. The summed E-state index contributed by atoms with van der Waals surface area (Å²) < 4.78 is 0. The van der Waals surface area contributed by atoms with Crippen LogP contribution in [0.4, 0.5) is 5.69 Å². The number of amides is 1. The average molecular weight is 231 g/mol. The lowest BCUT2D eigenvalue weighted by Crippen LogP contribution is -2.34. The van der Waals surface area contributed by atoms with Crippen molar-refractivity contribution in [3.8, 4) is 6.07 Å². The van der Waals surface area contributed by atoms with Crippen LogP contribution in [0, 0.1) is 11.3 Å². The van der Waals surface area contributed by atoms with Crippen LogP contribution >= 0.6 is 0 Å². The summed E-state index contributed by atoms with van der Waals surface area (Å²) in [5.41, 5.74) is 1.39. The smallest absolute Gasteiger partial charge is 0.253 e. The molecule has 1 aromatic carbocycles. The molecular formula is C13H17N3O. The Labute approximate surface area is 102 Å². The van der Waals surface area contributed by atoms with E-state index in [2.05, 4.69) is 16.7 Å². The molecule has 17 heavy (non-hydrogen) atoms. The van der Waals surface area contributed by atoms with E-state index in [0.717, 1.165) is 12.1 Å². The Bertz CT molecular complexity index is 423. The van der Waals surface area contributed by atoms with Gasteiger partial charge in [0.2, 0.25) is 0 Å². The average Bonchev–Trinajstić information content (AvgIpc) is 2.38. The molecule has 0 radical (unpaired) electrons. The third-order valence-corrected chi connectivity index (χ3v) is 2.61. The van der Waals surface area contributed by atoms with Crippen molar-refractivity contribution in [2.24, 2.45) is 0 Å². The topological polar surface area (TPSA) is 64.9 Å². The van der Waals surface area contributed by atoms with E-state index in [1.54, 1.807) is 13.1 Å². The molecule has 4 heteroatoms. The Morgan fingerprint density at radius 2 is 2.18 bits per heavy atom. The predicted octanol–water partition coefficient (Wildman–Crippen LogP) is 2.15. The van der Waals surface area contributed by atoms with Crippen molar-refractivity contribution in [3.05, 3.63) is 29.8 Å². The van der Waals surface area contributed by atoms with Gasteiger partial charge in [-0.3, -0.25) is 4.79 Å². The Kier molecular flexibility index (Phi) is 5.02. The summed E-state index contributed by atoms with van der Waals surface area (Å²) in [5, 5.41) is 14.5. The van der Waals surface area contributed by atoms with E-state index in [4.69, 9.17) is 5.26 Å². The Hall–Kier alpha value is -2.02. The van der Waals surface area contributed by atoms with Gasteiger partial charge in [-0.1, -0.05) is 19.1 Å². The molecule has 1 rings (SSSR count). The summed E-state index contributed by atoms with van der Waals surface area (Å²) in [6, 6.07) is 9.29. The molecule has 2 N–H and O–H groups in total. The zero-order valence-corrected chi connectivity index (χ0v) is 10.2. The number of hydrogen-bond donors (Lipinski definition) is 2. The molecule has 1 unspecified atom stereocenters. The second-order valence-electron chi connectivity index (χ2n) is 3.74. The van der Waals surface area contributed by atoms with Crippen molar-refractivity contribution < 1.29 is 4.79 Å². The number of benzene rings is 1. The SMILES string of the molecule is CCC(CC#N)NC(=O)c1ccccc1NC. The van der Waals surface area contributed by atoms with Crippen molar-refractivity contribution in [3.63, 3.8) is 0 Å². The van der Waals surface area contributed by atoms with Crippen LogP contribution in [0.15, 0.2) is 24.3 Å². The van der Waals surface area contributed by atoms with Gasteiger partial charge in [0.1, 0.15) is 0 Å². The lowest BCUT2D eigenvalue weighted by Gasteiger charge is -2.15. The summed E-state index contributed by atoms with van der Waals surface area (Å²) in [7, 11) is 1.78. The quantitative estimate of drug-likeness (QED) is 0.816. The lowest BCUT2D eigenvalue weighted by molar-refractivity contribution is 0.0937. The molecule has 0 saturated carbocycles. The van der Waals surface area contributed by atoms with Gasteiger partial charge >= 0.3 is 0 Å². The van der Waals surface area contributed by atoms with Gasteiger partial charge in [0.15, 0.2) is 0 Å². The van der Waals surface area contributed by atoms with Crippen LogP contribution in [0.1, 0.15) is 30.1 Å². The number of rotatable bonds is 5. The number of anilines is 1. The Morgan fingerprint density at radius 3 is 2.76 bits per heavy atom. The van der Waals surface area contributed by atoms with Crippen molar-refractivity contribution in [1.82, 2.24) is 5.32 Å². The van der Waals surface area contributed by atoms with E-state index in [-0.39, 0.29) is 11.9 Å². The highest BCUT2D eigenvalue weighted by Gasteiger charge is 2.14. The maximum Gasteiger partial charge on any atom is 0.253 e. The van der Waals surface area contributed by atoms with Gasteiger partial charge in [0.25, 0.3) is 5.91 Å². The minimum Gasteiger partial charge on any atom is -0.387 e. The van der Waals surface area contributed by atoms with Crippen molar-refractivity contribution >= 4 is 11.6 Å². The number of nitrogens with zero attached hydrogens (tertiary/aromatic N) is 1. The molecule has 0 aliphatic heterocycles. The maximum atomic E-state index is 12.0. The normalized spacial score (nSPS) is 11.4. The molecule has 0 fully saturated rings. The molecule has 0 aliphatic carbocycles. The number of nitriles is 1. The zero-order chi connectivity index (χ0) is 12.7. The third-order valence-electron chi connectivity index (χ3n) is 2.61. The molecule has 1 atom stereocenters. The first-order valence-corrected chi connectivity index (χ1v) is 5.67. The minimum absolute atomic E-state index is 0.0857. The predicted molar refractivity (Wildman–Crippen MR) is 67.8 cm³/mol. The van der Waals surface area contributed by atoms with Crippen LogP contribution in [-0.4, -0.2) is 19.0 Å². The van der Waals surface area contributed by atoms with Gasteiger partial charge in [-0.05, 0) is 18.6 Å². The maximum absolute atomic E-state index is 12.0. The van der Waals surface area contributed by atoms with Crippen LogP contribution in [0.25, 0.3) is 0 Å². The van der Waals surface area contributed by atoms with Crippen molar-refractivity contribution in [2.75, 3.05) is 12.4 Å². The molecule has 0 spiro atoms. The van der Waals surface area contributed by atoms with Crippen LogP contribution in [0.5, 0.6) is 0 Å². The monoisotopic (exact) mass is 231 g/mol. The molecule has 1 aromatic rings. The molecule has 0 aliphatic rings. The fraction of sp³-hybridized carbons (Fsp3) is 0.385. The fourth-order valence-corrected chi connectivity index (χ4v) is 1.57. The van der Waals surface area contributed by atoms with Gasteiger partial charge in [0, 0.05) is 18.8 Å². The summed E-state index contributed by atoms with van der Waals surface area (Å²) in [5.74, 6) is -0.142. The van der Waals surface area contributed by atoms with Gasteiger partial charge in [0.05, 0.1) is 18.1 Å². The molecule has 0 heterocycles. The largest absolute Gasteiger partial charge is 0.387 e. The van der Waals surface area contributed by atoms with E-state index >= 15 is 0 Å². The van der Waals surface area contributed by atoms with E-state index in [0.29, 0.717) is 12.0 Å². The molecule has 0 bridgehead atoms. The lowest BCUT2D eigenvalue weighted by atomic mass is 10.1. The molecule has 4 nitrogen and oxygen atoms in total. The van der Waals surface area contributed by atoms with Crippen molar-refractivity contribution in [1.29, 1.82) is 5.26 Å².